The Kier molecular flexibility index (Phi) is 3.71. The van der Waals surface area contributed by atoms with Gasteiger partial charge in [-0.1, -0.05) is 0 Å². The quantitative estimate of drug-likeness (QED) is 0.779. The van der Waals surface area contributed by atoms with Crippen molar-refractivity contribution in [2.24, 2.45) is 0 Å². The molecule has 0 saturated heterocycles. The van der Waals surface area contributed by atoms with Gasteiger partial charge in [-0.2, -0.15) is 0 Å². The van der Waals surface area contributed by atoms with Crippen LogP contribution in [-0.2, 0) is 9.53 Å². The number of nitrogens with one attached hydrogen (secondary N) is 1. The van der Waals surface area contributed by atoms with Crippen LogP contribution in [0.5, 0.6) is 0 Å². The number of hydrogen-bond donors (Lipinski definition) is 1. The highest BCUT2D eigenvalue weighted by molar-refractivity contribution is 5.80. The van der Waals surface area contributed by atoms with E-state index in [4.69, 9.17) is 4.74 Å². The number of hydrogen-bond acceptors (Lipinski definition) is 4. The first-order valence-corrected chi connectivity index (χ1v) is 6.39. The van der Waals surface area contributed by atoms with Crippen LogP contribution in [-0.4, -0.2) is 34.2 Å². The number of ether oxygens (including phenoxy) is 1. The van der Waals surface area contributed by atoms with E-state index >= 15 is 0 Å². The van der Waals surface area contributed by atoms with Gasteiger partial charge >= 0.3 is 5.97 Å². The molecule has 0 amide bonds. The molecule has 2 atom stereocenters. The number of esters is 1. The minimum Gasteiger partial charge on any atom is -0.468 e. The Morgan fingerprint density at radius 2 is 2.39 bits per heavy atom. The van der Waals surface area contributed by atoms with Crippen molar-refractivity contribution in [2.45, 2.75) is 50.7 Å². The van der Waals surface area contributed by atoms with Gasteiger partial charge in [0.1, 0.15) is 5.54 Å². The molecule has 1 fully saturated rings. The van der Waals surface area contributed by atoms with E-state index in [9.17, 15) is 4.79 Å². The fourth-order valence-electron chi connectivity index (χ4n) is 2.33. The zero-order chi connectivity index (χ0) is 13.2. The summed E-state index contributed by atoms with van der Waals surface area (Å²) in [4.78, 5) is 16.0. The van der Waals surface area contributed by atoms with Crippen LogP contribution in [0.2, 0.25) is 0 Å². The molecule has 0 bridgehead atoms. The zero-order valence-corrected chi connectivity index (χ0v) is 11.2. The summed E-state index contributed by atoms with van der Waals surface area (Å²) in [5.41, 5.74) is -0.625. The summed E-state index contributed by atoms with van der Waals surface area (Å²) >= 11 is 0. The Labute approximate surface area is 108 Å². The number of imidazole rings is 1. The molecule has 1 saturated carbocycles. The molecule has 18 heavy (non-hydrogen) atoms. The van der Waals surface area contributed by atoms with Crippen LogP contribution in [0.3, 0.4) is 0 Å². The fraction of sp³-hybridized carbons (Fsp3) is 0.692. The van der Waals surface area contributed by atoms with Crippen molar-refractivity contribution < 1.29 is 9.53 Å². The highest BCUT2D eigenvalue weighted by Crippen LogP contribution is 2.28. The highest BCUT2D eigenvalue weighted by Gasteiger charge is 2.40. The molecule has 1 N–H and O–H groups in total. The molecule has 5 nitrogen and oxygen atoms in total. The Bertz CT molecular complexity index is 400. The fourth-order valence-corrected chi connectivity index (χ4v) is 2.33. The number of methoxy groups -OCH3 is 1. The summed E-state index contributed by atoms with van der Waals surface area (Å²) < 4.78 is 6.95. The summed E-state index contributed by atoms with van der Waals surface area (Å²) in [6.07, 6.45) is 8.42. The lowest BCUT2D eigenvalue weighted by molar-refractivity contribution is -0.148. The second kappa shape index (κ2) is 5.10. The van der Waals surface area contributed by atoms with Crippen molar-refractivity contribution in [1.29, 1.82) is 0 Å². The zero-order valence-electron chi connectivity index (χ0n) is 11.2. The van der Waals surface area contributed by atoms with E-state index in [1.807, 2.05) is 17.7 Å². The van der Waals surface area contributed by atoms with Gasteiger partial charge in [-0.3, -0.25) is 10.1 Å². The molecule has 0 radical (unpaired) electrons. The summed E-state index contributed by atoms with van der Waals surface area (Å²) in [5, 5.41) is 3.40. The average Bonchev–Trinajstić information content (AvgIpc) is 2.98. The third kappa shape index (κ3) is 2.90. The van der Waals surface area contributed by atoms with Crippen LogP contribution in [0.4, 0.5) is 0 Å². The van der Waals surface area contributed by atoms with E-state index in [0.717, 1.165) is 12.8 Å². The van der Waals surface area contributed by atoms with Gasteiger partial charge in [-0.15, -0.1) is 0 Å². The Morgan fingerprint density at radius 1 is 1.67 bits per heavy atom. The molecule has 2 rings (SSSR count). The Balaban J connectivity index is 2.06. The van der Waals surface area contributed by atoms with Crippen LogP contribution in [0.15, 0.2) is 18.7 Å². The van der Waals surface area contributed by atoms with Crippen molar-refractivity contribution in [3.63, 3.8) is 0 Å². The average molecular weight is 251 g/mol. The predicted molar refractivity (Wildman–Crippen MR) is 68.1 cm³/mol. The first-order valence-electron chi connectivity index (χ1n) is 6.39. The SMILES string of the molecule is COC(=O)C(C)(CC(C)n1ccnc1)NC1CC1. The second-order valence-electron chi connectivity index (χ2n) is 5.31. The summed E-state index contributed by atoms with van der Waals surface area (Å²) in [6.45, 7) is 4.00. The molecule has 1 aromatic heterocycles. The van der Waals surface area contributed by atoms with E-state index in [1.165, 1.54) is 7.11 Å². The minimum atomic E-state index is -0.625. The van der Waals surface area contributed by atoms with E-state index in [1.54, 1.807) is 12.5 Å². The van der Waals surface area contributed by atoms with E-state index in [-0.39, 0.29) is 12.0 Å². The maximum Gasteiger partial charge on any atom is 0.325 e. The largest absolute Gasteiger partial charge is 0.468 e. The van der Waals surface area contributed by atoms with Crippen molar-refractivity contribution >= 4 is 5.97 Å². The van der Waals surface area contributed by atoms with Crippen LogP contribution in [0.25, 0.3) is 0 Å². The summed E-state index contributed by atoms with van der Waals surface area (Å²) in [7, 11) is 1.44. The highest BCUT2D eigenvalue weighted by atomic mass is 16.5. The molecule has 1 aliphatic carbocycles. The van der Waals surface area contributed by atoms with E-state index < -0.39 is 5.54 Å². The summed E-state index contributed by atoms with van der Waals surface area (Å²) in [6, 6.07) is 0.659. The first kappa shape index (κ1) is 13.1. The first-order chi connectivity index (χ1) is 8.55. The number of carbonyl (C=O) groups excluding carboxylic acids is 1. The van der Waals surface area contributed by atoms with Crippen LogP contribution < -0.4 is 5.32 Å². The van der Waals surface area contributed by atoms with Crippen molar-refractivity contribution in [1.82, 2.24) is 14.9 Å². The Morgan fingerprint density at radius 3 is 2.89 bits per heavy atom. The molecule has 1 aromatic rings. The van der Waals surface area contributed by atoms with E-state index in [2.05, 4.69) is 17.2 Å². The van der Waals surface area contributed by atoms with Crippen molar-refractivity contribution in [3.05, 3.63) is 18.7 Å². The lowest BCUT2D eigenvalue weighted by atomic mass is 9.93. The molecular formula is C13H21N3O2. The molecular weight excluding hydrogens is 230 g/mol. The van der Waals surface area contributed by atoms with Gasteiger partial charge in [-0.05, 0) is 33.1 Å². The third-order valence-electron chi connectivity index (χ3n) is 3.47. The smallest absolute Gasteiger partial charge is 0.325 e. The van der Waals surface area contributed by atoms with Gasteiger partial charge in [0.05, 0.1) is 13.4 Å². The molecule has 2 unspecified atom stereocenters. The number of aromatic nitrogens is 2. The van der Waals surface area contributed by atoms with Crippen LogP contribution in [0, 0.1) is 0 Å². The molecule has 5 heteroatoms. The lowest BCUT2D eigenvalue weighted by Gasteiger charge is -2.31. The third-order valence-corrected chi connectivity index (χ3v) is 3.47. The van der Waals surface area contributed by atoms with Gasteiger partial charge < -0.3 is 9.30 Å². The van der Waals surface area contributed by atoms with Crippen LogP contribution >= 0.6 is 0 Å². The molecule has 0 aromatic carbocycles. The maximum atomic E-state index is 12.0. The van der Waals surface area contributed by atoms with E-state index in [0.29, 0.717) is 12.5 Å². The summed E-state index contributed by atoms with van der Waals surface area (Å²) in [5.74, 6) is -0.193. The second-order valence-corrected chi connectivity index (χ2v) is 5.31. The topological polar surface area (TPSA) is 56.2 Å². The van der Waals surface area contributed by atoms with Gasteiger partial charge in [0, 0.05) is 24.5 Å². The lowest BCUT2D eigenvalue weighted by Crippen LogP contribution is -2.52. The maximum absolute atomic E-state index is 12.0. The number of nitrogens with zero attached hydrogens (tertiary/aromatic N) is 2. The molecule has 1 heterocycles. The van der Waals surface area contributed by atoms with Gasteiger partial charge in [-0.25, -0.2) is 4.98 Å². The monoisotopic (exact) mass is 251 g/mol. The van der Waals surface area contributed by atoms with Gasteiger partial charge in [0.2, 0.25) is 0 Å². The van der Waals surface area contributed by atoms with Crippen molar-refractivity contribution in [3.8, 4) is 0 Å². The molecule has 0 aliphatic heterocycles. The van der Waals surface area contributed by atoms with Gasteiger partial charge in [0.15, 0.2) is 0 Å². The molecule has 1 aliphatic rings. The van der Waals surface area contributed by atoms with Crippen molar-refractivity contribution in [2.75, 3.05) is 7.11 Å². The number of carbonyl (C=O) groups is 1. The molecule has 100 valence electrons. The normalized spacial score (nSPS) is 20.2. The minimum absolute atomic E-state index is 0.193. The molecule has 0 spiro atoms. The predicted octanol–water partition coefficient (Wildman–Crippen LogP) is 1.52. The Hall–Kier alpha value is -1.36. The van der Waals surface area contributed by atoms with Crippen LogP contribution in [0.1, 0.15) is 39.2 Å². The van der Waals surface area contributed by atoms with Gasteiger partial charge in [0.25, 0.3) is 0 Å². The standard InChI is InChI=1S/C13H21N3O2/c1-10(16-7-6-14-9-16)8-13(2,12(17)18-3)15-11-4-5-11/h6-7,9-11,15H,4-5,8H2,1-3H3. The number of rotatable bonds is 6.